The van der Waals surface area contributed by atoms with Gasteiger partial charge in [0.25, 0.3) is 0 Å². The summed E-state index contributed by atoms with van der Waals surface area (Å²) in [6.07, 6.45) is 4.73. The minimum atomic E-state index is 0.00736. The molecule has 0 aliphatic carbocycles. The molecule has 0 unspecified atom stereocenters. The summed E-state index contributed by atoms with van der Waals surface area (Å²) in [6, 6.07) is 1.66. The Morgan fingerprint density at radius 3 is 3.07 bits per heavy atom. The van der Waals surface area contributed by atoms with Crippen LogP contribution in [0, 0.1) is 5.41 Å². The lowest BCUT2D eigenvalue weighted by atomic mass is 10.2. The van der Waals surface area contributed by atoms with E-state index in [9.17, 15) is 0 Å². The van der Waals surface area contributed by atoms with Crippen molar-refractivity contribution in [1.29, 1.82) is 5.41 Å². The molecule has 0 radical (unpaired) electrons. The monoisotopic (exact) mass is 226 g/mol. The molecule has 1 heterocycles. The molecular formula is C9H11ClN4O. The van der Waals surface area contributed by atoms with E-state index < -0.39 is 0 Å². The fourth-order valence-corrected chi connectivity index (χ4v) is 1.04. The standard InChI is InChI=1S/C9H11ClN4O/c10-9-12-3-1-8(14-9)13-6-7(5-11)2-4-15/h1,3,5-6,11,15H,2,4H2,(H,12,13,14)/b7-6-,11-5?. The van der Waals surface area contributed by atoms with Gasteiger partial charge in [0.15, 0.2) is 0 Å². The maximum Gasteiger partial charge on any atom is 0.224 e. The van der Waals surface area contributed by atoms with E-state index in [1.54, 1.807) is 12.3 Å². The van der Waals surface area contributed by atoms with Crippen molar-refractivity contribution in [2.24, 2.45) is 0 Å². The summed E-state index contributed by atoms with van der Waals surface area (Å²) < 4.78 is 0. The van der Waals surface area contributed by atoms with Gasteiger partial charge >= 0.3 is 0 Å². The first-order valence-corrected chi connectivity index (χ1v) is 4.69. The topological polar surface area (TPSA) is 81.9 Å². The van der Waals surface area contributed by atoms with Gasteiger partial charge in [-0.15, -0.1) is 0 Å². The number of nitrogens with zero attached hydrogens (tertiary/aromatic N) is 2. The summed E-state index contributed by atoms with van der Waals surface area (Å²) in [4.78, 5) is 7.63. The maximum absolute atomic E-state index is 8.69. The lowest BCUT2D eigenvalue weighted by Crippen LogP contribution is -1.97. The molecule has 0 atom stereocenters. The molecule has 0 aliphatic rings. The van der Waals surface area contributed by atoms with Gasteiger partial charge in [-0.05, 0) is 29.7 Å². The smallest absolute Gasteiger partial charge is 0.224 e. The predicted molar refractivity (Wildman–Crippen MR) is 59.2 cm³/mol. The summed E-state index contributed by atoms with van der Waals surface area (Å²) in [7, 11) is 0. The predicted octanol–water partition coefficient (Wildman–Crippen LogP) is 1.46. The molecule has 15 heavy (non-hydrogen) atoms. The minimum absolute atomic E-state index is 0.00736. The Bertz CT molecular complexity index is 367. The first-order chi connectivity index (χ1) is 7.26. The molecule has 3 N–H and O–H groups in total. The van der Waals surface area contributed by atoms with Crippen molar-refractivity contribution >= 4 is 23.6 Å². The average Bonchev–Trinajstić information content (AvgIpc) is 2.24. The average molecular weight is 227 g/mol. The Hall–Kier alpha value is -1.46. The van der Waals surface area contributed by atoms with Crippen molar-refractivity contribution in [2.45, 2.75) is 6.42 Å². The van der Waals surface area contributed by atoms with Gasteiger partial charge in [-0.3, -0.25) is 0 Å². The van der Waals surface area contributed by atoms with Crippen molar-refractivity contribution in [3.8, 4) is 0 Å². The van der Waals surface area contributed by atoms with Crippen LogP contribution >= 0.6 is 11.6 Å². The highest BCUT2D eigenvalue weighted by atomic mass is 35.5. The van der Waals surface area contributed by atoms with Gasteiger partial charge in [-0.2, -0.15) is 0 Å². The van der Waals surface area contributed by atoms with E-state index in [1.807, 2.05) is 0 Å². The third-order valence-electron chi connectivity index (χ3n) is 1.62. The van der Waals surface area contributed by atoms with Crippen LogP contribution in [0.5, 0.6) is 0 Å². The highest BCUT2D eigenvalue weighted by molar-refractivity contribution is 6.28. The van der Waals surface area contributed by atoms with Crippen LogP contribution in [0.2, 0.25) is 5.28 Å². The maximum atomic E-state index is 8.69. The van der Waals surface area contributed by atoms with Gasteiger partial charge in [0.2, 0.25) is 5.28 Å². The zero-order chi connectivity index (χ0) is 11.1. The number of anilines is 1. The summed E-state index contributed by atoms with van der Waals surface area (Å²) in [5, 5.41) is 18.8. The number of nitrogens with one attached hydrogen (secondary N) is 2. The highest BCUT2D eigenvalue weighted by Gasteiger charge is 1.95. The molecule has 0 aliphatic heterocycles. The molecular weight excluding hydrogens is 216 g/mol. The Labute approximate surface area is 92.3 Å². The number of hydrogen-bond donors (Lipinski definition) is 3. The molecule has 1 aromatic heterocycles. The van der Waals surface area contributed by atoms with E-state index in [0.717, 1.165) is 0 Å². The molecule has 0 aromatic carbocycles. The van der Waals surface area contributed by atoms with Gasteiger partial charge in [0.1, 0.15) is 5.82 Å². The molecule has 0 spiro atoms. The quantitative estimate of drug-likeness (QED) is 0.524. The van der Waals surface area contributed by atoms with Crippen LogP contribution in [0.1, 0.15) is 6.42 Å². The number of hydrogen-bond acceptors (Lipinski definition) is 5. The van der Waals surface area contributed by atoms with Crippen LogP contribution < -0.4 is 5.32 Å². The fourth-order valence-electron chi connectivity index (χ4n) is 0.897. The molecule has 5 nitrogen and oxygen atoms in total. The van der Waals surface area contributed by atoms with Gasteiger partial charge in [0.05, 0.1) is 0 Å². The second-order valence-electron chi connectivity index (χ2n) is 2.69. The van der Waals surface area contributed by atoms with Gasteiger partial charge in [-0.25, -0.2) is 9.97 Å². The van der Waals surface area contributed by atoms with E-state index in [2.05, 4.69) is 15.3 Å². The molecule has 0 bridgehead atoms. The summed E-state index contributed by atoms with van der Waals surface area (Å²) >= 11 is 5.59. The summed E-state index contributed by atoms with van der Waals surface area (Å²) in [6.45, 7) is 0.00736. The van der Waals surface area contributed by atoms with Gasteiger partial charge in [-0.1, -0.05) is 0 Å². The van der Waals surface area contributed by atoms with Crippen molar-refractivity contribution in [3.05, 3.63) is 29.3 Å². The molecule has 0 fully saturated rings. The number of aromatic nitrogens is 2. The molecule has 1 rings (SSSR count). The van der Waals surface area contributed by atoms with Crippen LogP contribution in [0.4, 0.5) is 5.82 Å². The number of aliphatic hydroxyl groups is 1. The fraction of sp³-hybridized carbons (Fsp3) is 0.222. The third kappa shape index (κ3) is 4.05. The van der Waals surface area contributed by atoms with Crippen molar-refractivity contribution in [3.63, 3.8) is 0 Å². The van der Waals surface area contributed by atoms with E-state index in [0.29, 0.717) is 17.8 Å². The van der Waals surface area contributed by atoms with Gasteiger partial charge in [0, 0.05) is 25.2 Å². The Kier molecular flexibility index (Phi) is 4.73. The second kappa shape index (κ2) is 6.10. The normalized spacial score (nSPS) is 11.2. The zero-order valence-electron chi connectivity index (χ0n) is 7.94. The SMILES string of the molecule is N=C/C(=C\Nc1ccnc(Cl)n1)CCO. The Morgan fingerprint density at radius 2 is 2.47 bits per heavy atom. The van der Waals surface area contributed by atoms with E-state index in [1.165, 1.54) is 12.4 Å². The minimum Gasteiger partial charge on any atom is -0.396 e. The number of halogens is 1. The first-order valence-electron chi connectivity index (χ1n) is 4.31. The molecule has 6 heteroatoms. The lowest BCUT2D eigenvalue weighted by Gasteiger charge is -2.01. The molecule has 80 valence electrons. The van der Waals surface area contributed by atoms with E-state index >= 15 is 0 Å². The third-order valence-corrected chi connectivity index (χ3v) is 1.80. The van der Waals surface area contributed by atoms with Crippen molar-refractivity contribution in [1.82, 2.24) is 9.97 Å². The molecule has 0 saturated carbocycles. The van der Waals surface area contributed by atoms with E-state index in [4.69, 9.17) is 22.1 Å². The van der Waals surface area contributed by atoms with Crippen LogP contribution in [0.3, 0.4) is 0 Å². The van der Waals surface area contributed by atoms with E-state index in [-0.39, 0.29) is 11.9 Å². The van der Waals surface area contributed by atoms with Gasteiger partial charge < -0.3 is 15.8 Å². The van der Waals surface area contributed by atoms with Crippen molar-refractivity contribution < 1.29 is 5.11 Å². The van der Waals surface area contributed by atoms with Crippen molar-refractivity contribution in [2.75, 3.05) is 11.9 Å². The summed E-state index contributed by atoms with van der Waals surface area (Å²) in [5.74, 6) is 0.548. The zero-order valence-corrected chi connectivity index (χ0v) is 8.70. The Balaban J connectivity index is 2.65. The second-order valence-corrected chi connectivity index (χ2v) is 3.03. The first kappa shape index (κ1) is 11.6. The van der Waals surface area contributed by atoms with Crippen LogP contribution in [-0.2, 0) is 0 Å². The highest BCUT2D eigenvalue weighted by Crippen LogP contribution is 2.06. The Morgan fingerprint density at radius 1 is 1.67 bits per heavy atom. The molecule has 0 amide bonds. The number of aliphatic hydroxyl groups excluding tert-OH is 1. The summed E-state index contributed by atoms with van der Waals surface area (Å²) in [5.41, 5.74) is 0.673. The van der Waals surface area contributed by atoms with Crippen LogP contribution in [0.15, 0.2) is 24.0 Å². The van der Waals surface area contributed by atoms with Crippen LogP contribution in [0.25, 0.3) is 0 Å². The molecule has 0 saturated heterocycles. The van der Waals surface area contributed by atoms with Crippen LogP contribution in [-0.4, -0.2) is 27.9 Å². The molecule has 1 aromatic rings. The lowest BCUT2D eigenvalue weighted by molar-refractivity contribution is 0.301. The number of rotatable bonds is 5. The largest absolute Gasteiger partial charge is 0.396 e.